The molecule has 0 unspecified atom stereocenters. The molecule has 4 rings (SSSR count). The van der Waals surface area contributed by atoms with Crippen molar-refractivity contribution in [2.75, 3.05) is 5.32 Å². The van der Waals surface area contributed by atoms with Crippen LogP contribution < -0.4 is 5.32 Å². The zero-order valence-corrected chi connectivity index (χ0v) is 17.5. The molecular weight excluding hydrogens is 443 g/mol. The van der Waals surface area contributed by atoms with E-state index in [1.807, 2.05) is 0 Å². The molecule has 0 bridgehead atoms. The number of alkyl halides is 3. The van der Waals surface area contributed by atoms with Crippen molar-refractivity contribution in [2.45, 2.75) is 37.5 Å². The van der Waals surface area contributed by atoms with Gasteiger partial charge in [0, 0.05) is 16.3 Å². The van der Waals surface area contributed by atoms with Gasteiger partial charge in [-0.15, -0.1) is 0 Å². The van der Waals surface area contributed by atoms with Crippen molar-refractivity contribution < 1.29 is 23.1 Å². The maximum atomic E-state index is 13.0. The summed E-state index contributed by atoms with van der Waals surface area (Å²) in [5.41, 5.74) is 0.226. The molecule has 1 fully saturated rings. The van der Waals surface area contributed by atoms with Crippen molar-refractivity contribution in [3.05, 3.63) is 76.7 Å². The number of hydrogen-bond donors (Lipinski definition) is 2. The predicted octanol–water partition coefficient (Wildman–Crippen LogP) is 5.37. The van der Waals surface area contributed by atoms with E-state index in [1.165, 1.54) is 18.5 Å². The fourth-order valence-corrected chi connectivity index (χ4v) is 3.90. The molecule has 1 aromatic heterocycles. The maximum Gasteiger partial charge on any atom is 0.416 e. The number of anilines is 1. The molecule has 9 heteroatoms. The average molecular weight is 462 g/mol. The number of carbonyl (C=O) groups is 1. The number of carbonyl (C=O) groups excluding carboxylic acids is 1. The van der Waals surface area contributed by atoms with Gasteiger partial charge in [-0.1, -0.05) is 24.1 Å². The van der Waals surface area contributed by atoms with Crippen molar-refractivity contribution >= 4 is 23.2 Å². The second kappa shape index (κ2) is 8.52. The van der Waals surface area contributed by atoms with Crippen LogP contribution in [0.15, 0.2) is 54.9 Å². The minimum atomic E-state index is -4.51. The van der Waals surface area contributed by atoms with E-state index < -0.39 is 23.8 Å². The number of amides is 1. The number of aliphatic hydroxyl groups excluding tert-OH is 1. The van der Waals surface area contributed by atoms with Crippen LogP contribution in [0.5, 0.6) is 0 Å². The zero-order valence-electron chi connectivity index (χ0n) is 16.8. The first-order valence-electron chi connectivity index (χ1n) is 9.94. The molecule has 1 aliphatic carbocycles. The van der Waals surface area contributed by atoms with Gasteiger partial charge >= 0.3 is 6.18 Å². The monoisotopic (exact) mass is 461 g/mol. The molecule has 32 heavy (non-hydrogen) atoms. The first kappa shape index (κ1) is 22.2. The fraction of sp³-hybridized carbons (Fsp3) is 0.261. The Morgan fingerprint density at radius 1 is 1.09 bits per heavy atom. The van der Waals surface area contributed by atoms with Crippen LogP contribution in [0.3, 0.4) is 0 Å². The van der Waals surface area contributed by atoms with Gasteiger partial charge in [-0.3, -0.25) is 14.8 Å². The Morgan fingerprint density at radius 2 is 1.81 bits per heavy atom. The quantitative estimate of drug-likeness (QED) is 0.535. The van der Waals surface area contributed by atoms with Crippen LogP contribution in [0.25, 0.3) is 11.3 Å². The van der Waals surface area contributed by atoms with Gasteiger partial charge in [0.1, 0.15) is 0 Å². The zero-order chi connectivity index (χ0) is 22.9. The third-order valence-electron chi connectivity index (χ3n) is 5.76. The molecule has 5 nitrogen and oxygen atoms in total. The van der Waals surface area contributed by atoms with Crippen LogP contribution in [0, 0.1) is 0 Å². The molecule has 0 atom stereocenters. The Kier molecular flexibility index (Phi) is 5.92. The molecule has 1 aliphatic rings. The molecule has 0 spiro atoms. The largest absolute Gasteiger partial charge is 0.416 e. The summed E-state index contributed by atoms with van der Waals surface area (Å²) >= 11 is 5.89. The summed E-state index contributed by atoms with van der Waals surface area (Å²) < 4.78 is 38.9. The van der Waals surface area contributed by atoms with E-state index >= 15 is 0 Å². The summed E-state index contributed by atoms with van der Waals surface area (Å²) in [6.45, 7) is -0.573. The molecule has 0 aliphatic heterocycles. The van der Waals surface area contributed by atoms with E-state index in [-0.39, 0.29) is 11.5 Å². The van der Waals surface area contributed by atoms with Crippen LogP contribution in [-0.4, -0.2) is 21.0 Å². The van der Waals surface area contributed by atoms with Crippen LogP contribution >= 0.6 is 11.6 Å². The summed E-state index contributed by atoms with van der Waals surface area (Å²) in [6, 6.07) is 9.90. The SMILES string of the molecule is O=C(Nc1ccc(Cl)cc1)C1(c2cnc(-c3ccc(C(F)(F)F)cc3CO)cn2)CCC1. The van der Waals surface area contributed by atoms with Crippen molar-refractivity contribution in [1.29, 1.82) is 0 Å². The normalized spacial score (nSPS) is 15.2. The lowest BCUT2D eigenvalue weighted by Gasteiger charge is -2.39. The van der Waals surface area contributed by atoms with E-state index in [4.69, 9.17) is 11.6 Å². The van der Waals surface area contributed by atoms with E-state index in [0.717, 1.165) is 18.6 Å². The fourth-order valence-electron chi connectivity index (χ4n) is 3.78. The minimum absolute atomic E-state index is 0.0979. The van der Waals surface area contributed by atoms with Gasteiger partial charge in [0.25, 0.3) is 0 Å². The van der Waals surface area contributed by atoms with Gasteiger partial charge in [0.05, 0.1) is 41.4 Å². The number of halogens is 4. The minimum Gasteiger partial charge on any atom is -0.392 e. The Balaban J connectivity index is 1.60. The van der Waals surface area contributed by atoms with Gasteiger partial charge in [-0.05, 0) is 54.8 Å². The summed E-state index contributed by atoms with van der Waals surface area (Å²) in [5.74, 6) is -0.196. The highest BCUT2D eigenvalue weighted by atomic mass is 35.5. The van der Waals surface area contributed by atoms with Crippen LogP contribution in [0.4, 0.5) is 18.9 Å². The number of benzene rings is 2. The van der Waals surface area contributed by atoms with Crippen LogP contribution in [0.2, 0.25) is 5.02 Å². The molecule has 2 aromatic carbocycles. The lowest BCUT2D eigenvalue weighted by atomic mass is 9.66. The third kappa shape index (κ3) is 4.20. The third-order valence-corrected chi connectivity index (χ3v) is 6.02. The predicted molar refractivity (Wildman–Crippen MR) is 114 cm³/mol. The van der Waals surface area contributed by atoms with Crippen molar-refractivity contribution in [3.63, 3.8) is 0 Å². The molecular formula is C23H19ClF3N3O2. The number of hydrogen-bond acceptors (Lipinski definition) is 4. The van der Waals surface area contributed by atoms with Gasteiger partial charge in [0.2, 0.25) is 5.91 Å². The van der Waals surface area contributed by atoms with Crippen LogP contribution in [-0.2, 0) is 23.0 Å². The van der Waals surface area contributed by atoms with E-state index in [1.54, 1.807) is 24.3 Å². The summed E-state index contributed by atoms with van der Waals surface area (Å²) in [4.78, 5) is 21.8. The topological polar surface area (TPSA) is 75.1 Å². The van der Waals surface area contributed by atoms with Gasteiger partial charge < -0.3 is 10.4 Å². The molecule has 1 saturated carbocycles. The van der Waals surface area contributed by atoms with Crippen LogP contribution in [0.1, 0.15) is 36.1 Å². The molecule has 166 valence electrons. The van der Waals surface area contributed by atoms with E-state index in [9.17, 15) is 23.1 Å². The lowest BCUT2D eigenvalue weighted by molar-refractivity contribution is -0.137. The Hall–Kier alpha value is -2.97. The molecule has 1 heterocycles. The smallest absolute Gasteiger partial charge is 0.392 e. The molecule has 3 aromatic rings. The Labute approximate surface area is 187 Å². The van der Waals surface area contributed by atoms with Gasteiger partial charge in [0.15, 0.2) is 0 Å². The first-order valence-corrected chi connectivity index (χ1v) is 10.3. The highest BCUT2D eigenvalue weighted by Gasteiger charge is 2.47. The van der Waals surface area contributed by atoms with Gasteiger partial charge in [-0.2, -0.15) is 13.2 Å². The van der Waals surface area contributed by atoms with E-state index in [2.05, 4.69) is 15.3 Å². The lowest BCUT2D eigenvalue weighted by Crippen LogP contribution is -2.46. The van der Waals surface area contributed by atoms with Crippen molar-refractivity contribution in [2.24, 2.45) is 0 Å². The molecule has 1 amide bonds. The summed E-state index contributed by atoms with van der Waals surface area (Å²) in [5, 5.41) is 13.0. The molecule has 0 saturated heterocycles. The highest BCUT2D eigenvalue weighted by Crippen LogP contribution is 2.44. The Morgan fingerprint density at radius 3 is 2.34 bits per heavy atom. The van der Waals surface area contributed by atoms with Crippen molar-refractivity contribution in [1.82, 2.24) is 9.97 Å². The first-order chi connectivity index (χ1) is 15.2. The second-order valence-electron chi connectivity index (χ2n) is 7.71. The van der Waals surface area contributed by atoms with Crippen molar-refractivity contribution in [3.8, 4) is 11.3 Å². The summed E-state index contributed by atoms with van der Waals surface area (Å²) in [7, 11) is 0. The van der Waals surface area contributed by atoms with Gasteiger partial charge in [-0.25, -0.2) is 0 Å². The highest BCUT2D eigenvalue weighted by molar-refractivity contribution is 6.30. The number of nitrogens with zero attached hydrogens (tertiary/aromatic N) is 2. The number of rotatable bonds is 5. The average Bonchev–Trinajstić information content (AvgIpc) is 2.74. The molecule has 2 N–H and O–H groups in total. The molecule has 0 radical (unpaired) electrons. The number of aliphatic hydroxyl groups is 1. The number of nitrogens with one attached hydrogen (secondary N) is 1. The Bertz CT molecular complexity index is 1130. The maximum absolute atomic E-state index is 13.0. The van der Waals surface area contributed by atoms with E-state index in [0.29, 0.717) is 40.5 Å². The summed E-state index contributed by atoms with van der Waals surface area (Å²) in [6.07, 6.45) is 0.490. The number of aromatic nitrogens is 2. The second-order valence-corrected chi connectivity index (χ2v) is 8.15. The standard InChI is InChI=1S/C23H19ClF3N3O2/c24-16-3-5-17(6-4-16)30-21(32)22(8-1-9-22)20-12-28-19(11-29-20)18-7-2-15(23(25,26)27)10-14(18)13-31/h2-7,10-12,31H,1,8-9,13H2,(H,30,32).